The molecule has 0 aliphatic carbocycles. The summed E-state index contributed by atoms with van der Waals surface area (Å²) in [5, 5.41) is 4.64. The van der Waals surface area contributed by atoms with Crippen LogP contribution in [0, 0.1) is 12.3 Å². The third-order valence-electron chi connectivity index (χ3n) is 8.08. The summed E-state index contributed by atoms with van der Waals surface area (Å²) in [6.45, 7) is 11.9. The number of hydrogen-bond acceptors (Lipinski definition) is 6. The van der Waals surface area contributed by atoms with Gasteiger partial charge in [-0.3, -0.25) is 14.2 Å². The molecule has 1 spiro atoms. The molecule has 2 aromatic rings. The number of unbranched alkanes of at least 4 members (excludes halogenated alkanes) is 1. The van der Waals surface area contributed by atoms with Gasteiger partial charge in [0.25, 0.3) is 5.56 Å². The van der Waals surface area contributed by atoms with Crippen LogP contribution in [0.5, 0.6) is 0 Å². The highest BCUT2D eigenvalue weighted by molar-refractivity contribution is 8.00. The Bertz CT molecular complexity index is 1340. The maximum absolute atomic E-state index is 14.2. The fourth-order valence-electron chi connectivity index (χ4n) is 5.89. The molecule has 0 saturated carbocycles. The topological polar surface area (TPSA) is 93.2 Å². The summed E-state index contributed by atoms with van der Waals surface area (Å²) in [4.78, 5) is 35.2. The SMILES string of the molecule is C=C/C(=C\C(Cl)=C/C)n1c(SC(CCCCN)C(=O)N2CCCC3(CCCNC3)C2)nc2c(C)cccc2c1=O. The Morgan fingerprint density at radius 2 is 2.12 bits per heavy atom. The minimum absolute atomic E-state index is 0.118. The molecule has 216 valence electrons. The normalized spacial score (nSPS) is 21.1. The molecule has 1 aromatic carbocycles. The fraction of sp³-hybridized carbons (Fsp3) is 0.516. The van der Waals surface area contributed by atoms with Crippen molar-refractivity contribution in [2.75, 3.05) is 32.7 Å². The van der Waals surface area contributed by atoms with Crippen molar-refractivity contribution in [3.05, 3.63) is 64.0 Å². The number of rotatable bonds is 10. The van der Waals surface area contributed by atoms with Crippen molar-refractivity contribution in [1.82, 2.24) is 19.8 Å². The van der Waals surface area contributed by atoms with Crippen LogP contribution >= 0.6 is 23.4 Å². The summed E-state index contributed by atoms with van der Waals surface area (Å²) in [7, 11) is 0. The first-order valence-corrected chi connectivity index (χ1v) is 15.6. The second-order valence-electron chi connectivity index (χ2n) is 11.0. The second-order valence-corrected chi connectivity index (χ2v) is 12.6. The van der Waals surface area contributed by atoms with Gasteiger partial charge in [0.1, 0.15) is 0 Å². The molecular formula is C31H42ClN5O2S. The average molecular weight is 584 g/mol. The van der Waals surface area contributed by atoms with Crippen LogP contribution in [0.4, 0.5) is 0 Å². The number of hydrogen-bond donors (Lipinski definition) is 2. The number of piperidine rings is 2. The Balaban J connectivity index is 1.77. The lowest BCUT2D eigenvalue weighted by molar-refractivity contribution is -0.134. The maximum atomic E-state index is 14.2. The minimum atomic E-state index is -0.388. The molecule has 0 radical (unpaired) electrons. The van der Waals surface area contributed by atoms with Crippen molar-refractivity contribution in [3.63, 3.8) is 0 Å². The number of fused-ring (bicyclic) bond motifs is 1. The van der Waals surface area contributed by atoms with E-state index < -0.39 is 0 Å². The largest absolute Gasteiger partial charge is 0.341 e. The Labute approximate surface area is 246 Å². The number of carbonyl (C=O) groups is 1. The van der Waals surface area contributed by atoms with E-state index in [-0.39, 0.29) is 22.1 Å². The van der Waals surface area contributed by atoms with Crippen LogP contribution in [-0.2, 0) is 4.79 Å². The number of thioether (sulfide) groups is 1. The number of carbonyl (C=O) groups excluding carboxylic acids is 1. The van der Waals surface area contributed by atoms with Gasteiger partial charge in [0, 0.05) is 30.1 Å². The van der Waals surface area contributed by atoms with Crippen LogP contribution in [0.25, 0.3) is 16.6 Å². The Morgan fingerprint density at radius 1 is 1.32 bits per heavy atom. The molecule has 9 heteroatoms. The molecule has 2 saturated heterocycles. The standard InChI is InChI=1S/C31H42ClN5O2S/c1-4-23(32)19-24(5-2)37-28(38)25-12-8-11-22(3)27(25)35-30(37)40-26(13-6-7-16-33)29(39)36-18-10-15-31(21-36)14-9-17-34-20-31/h4-5,8,11-12,19,26,34H,2,6-7,9-10,13-18,20-21,33H2,1,3H3/b23-4+,24-19+. The third-order valence-corrected chi connectivity index (χ3v) is 9.61. The number of benzene rings is 1. The predicted molar refractivity (Wildman–Crippen MR) is 168 cm³/mol. The van der Waals surface area contributed by atoms with E-state index in [4.69, 9.17) is 22.3 Å². The third kappa shape index (κ3) is 6.90. The molecule has 2 atom stereocenters. The molecule has 3 heterocycles. The number of aryl methyl sites for hydroxylation is 1. The van der Waals surface area contributed by atoms with Crippen molar-refractivity contribution in [2.45, 2.75) is 69.2 Å². The monoisotopic (exact) mass is 583 g/mol. The first-order chi connectivity index (χ1) is 19.3. The highest BCUT2D eigenvalue weighted by Gasteiger charge is 2.39. The molecule has 1 amide bonds. The number of allylic oxidation sites excluding steroid dienone is 5. The van der Waals surface area contributed by atoms with Crippen LogP contribution in [0.2, 0.25) is 0 Å². The molecule has 4 rings (SSSR count). The summed E-state index contributed by atoms with van der Waals surface area (Å²) in [5.74, 6) is 0.118. The number of aromatic nitrogens is 2. The second kappa shape index (κ2) is 14.0. The highest BCUT2D eigenvalue weighted by Crippen LogP contribution is 2.38. The van der Waals surface area contributed by atoms with Crippen LogP contribution in [0.1, 0.15) is 57.4 Å². The van der Waals surface area contributed by atoms with Crippen LogP contribution in [-0.4, -0.2) is 58.3 Å². The molecule has 1 aromatic heterocycles. The van der Waals surface area contributed by atoms with E-state index in [1.807, 2.05) is 26.0 Å². The number of amides is 1. The lowest BCUT2D eigenvalue weighted by Gasteiger charge is -2.46. The molecule has 40 heavy (non-hydrogen) atoms. The molecule has 0 bridgehead atoms. The first kappa shape index (κ1) is 30.6. The molecule has 2 unspecified atom stereocenters. The molecule has 2 aliphatic rings. The maximum Gasteiger partial charge on any atom is 0.266 e. The summed E-state index contributed by atoms with van der Waals surface area (Å²) < 4.78 is 1.55. The van der Waals surface area contributed by atoms with Crippen LogP contribution in [0.15, 0.2) is 58.0 Å². The van der Waals surface area contributed by atoms with Crippen LogP contribution in [0.3, 0.4) is 0 Å². The van der Waals surface area contributed by atoms with E-state index >= 15 is 0 Å². The van der Waals surface area contributed by atoms with Gasteiger partial charge >= 0.3 is 0 Å². The summed E-state index contributed by atoms with van der Waals surface area (Å²) in [5.41, 5.74) is 7.84. The van der Waals surface area contributed by atoms with Gasteiger partial charge in [-0.05, 0) is 89.2 Å². The number of nitrogens with zero attached hydrogens (tertiary/aromatic N) is 3. The Kier molecular flexibility index (Phi) is 10.7. The predicted octanol–water partition coefficient (Wildman–Crippen LogP) is 5.46. The smallest absolute Gasteiger partial charge is 0.266 e. The molecule has 7 nitrogen and oxygen atoms in total. The zero-order valence-corrected chi connectivity index (χ0v) is 25.3. The van der Waals surface area contributed by atoms with Crippen molar-refractivity contribution in [3.8, 4) is 0 Å². The Hall–Kier alpha value is -2.39. The van der Waals surface area contributed by atoms with Crippen molar-refractivity contribution in [1.29, 1.82) is 0 Å². The van der Waals surface area contributed by atoms with Gasteiger partial charge in [-0.2, -0.15) is 0 Å². The number of nitrogens with two attached hydrogens (primary N) is 1. The number of likely N-dealkylation sites (tertiary alicyclic amines) is 1. The zero-order chi connectivity index (χ0) is 28.7. The number of halogens is 1. The minimum Gasteiger partial charge on any atom is -0.341 e. The molecule has 3 N–H and O–H groups in total. The molecule has 2 aliphatic heterocycles. The van der Waals surface area contributed by atoms with Crippen molar-refractivity contribution >= 4 is 45.9 Å². The Morgan fingerprint density at radius 3 is 2.83 bits per heavy atom. The number of nitrogens with one attached hydrogen (secondary N) is 1. The molecule has 2 fully saturated rings. The fourth-order valence-corrected chi connectivity index (χ4v) is 7.23. The van der Waals surface area contributed by atoms with E-state index in [9.17, 15) is 9.59 Å². The van der Waals surface area contributed by atoms with Gasteiger partial charge < -0.3 is 16.0 Å². The average Bonchev–Trinajstić information content (AvgIpc) is 2.96. The van der Waals surface area contributed by atoms with Gasteiger partial charge in [0.2, 0.25) is 5.91 Å². The summed E-state index contributed by atoms with van der Waals surface area (Å²) >= 11 is 7.74. The van der Waals surface area contributed by atoms with Crippen molar-refractivity contribution in [2.24, 2.45) is 11.1 Å². The zero-order valence-electron chi connectivity index (χ0n) is 23.8. The van der Waals surface area contributed by atoms with Gasteiger partial charge in [-0.1, -0.05) is 54.6 Å². The quantitative estimate of drug-likeness (QED) is 0.167. The van der Waals surface area contributed by atoms with Gasteiger partial charge in [0.05, 0.1) is 21.8 Å². The van der Waals surface area contributed by atoms with E-state index in [2.05, 4.69) is 16.8 Å². The highest BCUT2D eigenvalue weighted by atomic mass is 35.5. The van der Waals surface area contributed by atoms with Gasteiger partial charge in [-0.15, -0.1) is 0 Å². The van der Waals surface area contributed by atoms with Gasteiger partial charge in [0.15, 0.2) is 5.16 Å². The molecular weight excluding hydrogens is 542 g/mol. The van der Waals surface area contributed by atoms with E-state index in [1.54, 1.807) is 28.9 Å². The van der Waals surface area contributed by atoms with Crippen LogP contribution < -0.4 is 16.6 Å². The number of para-hydroxylation sites is 1. The van der Waals surface area contributed by atoms with E-state index in [0.29, 0.717) is 39.8 Å². The van der Waals surface area contributed by atoms with E-state index in [0.717, 1.165) is 70.3 Å². The summed E-state index contributed by atoms with van der Waals surface area (Å²) in [6.07, 6.45) is 11.9. The lowest BCUT2D eigenvalue weighted by Crippen LogP contribution is -2.54. The van der Waals surface area contributed by atoms with Gasteiger partial charge in [-0.25, -0.2) is 4.98 Å². The summed E-state index contributed by atoms with van der Waals surface area (Å²) in [6, 6.07) is 5.60. The lowest BCUT2D eigenvalue weighted by atomic mass is 9.74. The first-order valence-electron chi connectivity index (χ1n) is 14.4. The van der Waals surface area contributed by atoms with Crippen molar-refractivity contribution < 1.29 is 4.79 Å². The van der Waals surface area contributed by atoms with E-state index in [1.165, 1.54) is 11.8 Å².